The topological polar surface area (TPSA) is 64.3 Å². The van der Waals surface area contributed by atoms with Crippen molar-refractivity contribution in [1.29, 1.82) is 0 Å². The standard InChI is InChI=1S/C21H29NO5/c1-24-19-8-6-17(7-9-19)12-22(14-20-4-2-10-26-20)13-18(23)15-25-16-21-5-3-11-27-21/h3,5-9,11,18,20,23H,2,4,10,12-16H2,1H3/t18-,20+/m1/s1. The Bertz CT molecular complexity index is 637. The molecule has 1 aromatic carbocycles. The Balaban J connectivity index is 1.51. The first-order valence-corrected chi connectivity index (χ1v) is 9.48. The summed E-state index contributed by atoms with van der Waals surface area (Å²) in [6, 6.07) is 11.7. The molecule has 1 N–H and O–H groups in total. The maximum atomic E-state index is 10.4. The van der Waals surface area contributed by atoms with Gasteiger partial charge in [0.15, 0.2) is 0 Å². The summed E-state index contributed by atoms with van der Waals surface area (Å²) in [6.07, 6.45) is 3.46. The van der Waals surface area contributed by atoms with Crippen LogP contribution in [0.1, 0.15) is 24.2 Å². The Kier molecular flexibility index (Phi) is 7.71. The van der Waals surface area contributed by atoms with E-state index in [9.17, 15) is 5.11 Å². The van der Waals surface area contributed by atoms with Crippen molar-refractivity contribution in [3.63, 3.8) is 0 Å². The molecule has 1 aromatic heterocycles. The first kappa shape index (κ1) is 19.9. The van der Waals surface area contributed by atoms with Gasteiger partial charge >= 0.3 is 0 Å². The van der Waals surface area contributed by atoms with Crippen LogP contribution in [0.3, 0.4) is 0 Å². The third-order valence-corrected chi connectivity index (χ3v) is 4.65. The molecule has 6 nitrogen and oxygen atoms in total. The summed E-state index contributed by atoms with van der Waals surface area (Å²) in [5, 5.41) is 10.4. The van der Waals surface area contributed by atoms with E-state index in [1.807, 2.05) is 24.3 Å². The molecule has 6 heteroatoms. The van der Waals surface area contributed by atoms with Crippen LogP contribution in [-0.2, 0) is 22.6 Å². The maximum absolute atomic E-state index is 10.4. The van der Waals surface area contributed by atoms with Gasteiger partial charge in [-0.25, -0.2) is 0 Å². The van der Waals surface area contributed by atoms with Gasteiger partial charge in [-0.2, -0.15) is 0 Å². The van der Waals surface area contributed by atoms with Gasteiger partial charge in [0.1, 0.15) is 18.1 Å². The smallest absolute Gasteiger partial charge is 0.129 e. The molecule has 2 heterocycles. The van der Waals surface area contributed by atoms with Crippen LogP contribution in [0.15, 0.2) is 47.1 Å². The van der Waals surface area contributed by atoms with E-state index in [4.69, 9.17) is 18.6 Å². The molecule has 1 aliphatic rings. The van der Waals surface area contributed by atoms with Gasteiger partial charge < -0.3 is 23.7 Å². The summed E-state index contributed by atoms with van der Waals surface area (Å²) >= 11 is 0. The SMILES string of the molecule is COc1ccc(CN(C[C@@H](O)COCc2ccco2)C[C@@H]2CCCO2)cc1. The van der Waals surface area contributed by atoms with Crippen molar-refractivity contribution in [2.45, 2.75) is 38.2 Å². The molecule has 0 saturated carbocycles. The predicted molar refractivity (Wildman–Crippen MR) is 102 cm³/mol. The van der Waals surface area contributed by atoms with E-state index in [1.54, 1.807) is 13.4 Å². The van der Waals surface area contributed by atoms with Crippen molar-refractivity contribution in [2.75, 3.05) is 33.4 Å². The van der Waals surface area contributed by atoms with Gasteiger partial charge in [0.2, 0.25) is 0 Å². The van der Waals surface area contributed by atoms with Crippen molar-refractivity contribution >= 4 is 0 Å². The molecular weight excluding hydrogens is 346 g/mol. The average Bonchev–Trinajstić information content (AvgIpc) is 3.36. The average molecular weight is 375 g/mol. The van der Waals surface area contributed by atoms with Gasteiger partial charge in [-0.3, -0.25) is 4.90 Å². The lowest BCUT2D eigenvalue weighted by atomic mass is 10.1. The number of hydrogen-bond acceptors (Lipinski definition) is 6. The minimum Gasteiger partial charge on any atom is -0.497 e. The molecule has 2 atom stereocenters. The first-order valence-electron chi connectivity index (χ1n) is 9.48. The lowest BCUT2D eigenvalue weighted by molar-refractivity contribution is -0.00636. The quantitative estimate of drug-likeness (QED) is 0.652. The molecule has 1 aliphatic heterocycles. The highest BCUT2D eigenvalue weighted by Crippen LogP contribution is 2.17. The maximum Gasteiger partial charge on any atom is 0.129 e. The van der Waals surface area contributed by atoms with Crippen molar-refractivity contribution in [3.8, 4) is 5.75 Å². The minimum absolute atomic E-state index is 0.236. The van der Waals surface area contributed by atoms with Crippen molar-refractivity contribution in [1.82, 2.24) is 4.90 Å². The van der Waals surface area contributed by atoms with Crippen molar-refractivity contribution in [3.05, 3.63) is 54.0 Å². The molecule has 0 amide bonds. The fraction of sp³-hybridized carbons (Fsp3) is 0.524. The van der Waals surface area contributed by atoms with E-state index in [-0.39, 0.29) is 12.7 Å². The van der Waals surface area contributed by atoms with Gasteiger partial charge in [-0.05, 0) is 42.7 Å². The molecule has 0 radical (unpaired) electrons. The summed E-state index contributed by atoms with van der Waals surface area (Å²) in [7, 11) is 1.66. The fourth-order valence-electron chi connectivity index (χ4n) is 3.31. The molecule has 3 rings (SSSR count). The molecule has 27 heavy (non-hydrogen) atoms. The van der Waals surface area contributed by atoms with Crippen LogP contribution in [0, 0.1) is 0 Å². The number of methoxy groups -OCH3 is 1. The molecule has 1 fully saturated rings. The van der Waals surface area contributed by atoms with Crippen LogP contribution in [0.5, 0.6) is 5.75 Å². The van der Waals surface area contributed by atoms with Gasteiger partial charge in [-0.1, -0.05) is 12.1 Å². The number of benzene rings is 1. The van der Waals surface area contributed by atoms with Crippen LogP contribution in [-0.4, -0.2) is 55.6 Å². The lowest BCUT2D eigenvalue weighted by Crippen LogP contribution is -2.39. The zero-order valence-corrected chi connectivity index (χ0v) is 15.9. The second-order valence-corrected chi connectivity index (χ2v) is 6.93. The summed E-state index contributed by atoms with van der Waals surface area (Å²) in [5.74, 6) is 1.60. The molecule has 0 aliphatic carbocycles. The van der Waals surface area contributed by atoms with Crippen LogP contribution in [0.4, 0.5) is 0 Å². The number of rotatable bonds is 11. The number of hydrogen-bond donors (Lipinski definition) is 1. The number of furan rings is 1. The summed E-state index contributed by atoms with van der Waals surface area (Å²) in [4.78, 5) is 2.23. The number of nitrogens with zero attached hydrogens (tertiary/aromatic N) is 1. The van der Waals surface area contributed by atoms with E-state index in [0.29, 0.717) is 13.2 Å². The molecule has 0 spiro atoms. The first-order chi connectivity index (χ1) is 13.2. The van der Waals surface area contributed by atoms with Crippen molar-refractivity contribution < 1.29 is 23.7 Å². The van der Waals surface area contributed by atoms with Crippen molar-refractivity contribution in [2.24, 2.45) is 0 Å². The fourth-order valence-corrected chi connectivity index (χ4v) is 3.31. The van der Waals surface area contributed by atoms with E-state index >= 15 is 0 Å². The zero-order chi connectivity index (χ0) is 18.9. The third-order valence-electron chi connectivity index (χ3n) is 4.65. The van der Waals surface area contributed by atoms with Crippen LogP contribution < -0.4 is 4.74 Å². The van der Waals surface area contributed by atoms with E-state index in [0.717, 1.165) is 44.0 Å². The normalized spacial score (nSPS) is 18.1. The third kappa shape index (κ3) is 6.66. The van der Waals surface area contributed by atoms with Gasteiger partial charge in [-0.15, -0.1) is 0 Å². The van der Waals surface area contributed by atoms with E-state index in [1.165, 1.54) is 5.56 Å². The predicted octanol–water partition coefficient (Wildman–Crippen LogP) is 2.85. The van der Waals surface area contributed by atoms with Gasteiger partial charge in [0.05, 0.1) is 32.2 Å². The lowest BCUT2D eigenvalue weighted by Gasteiger charge is -2.27. The second kappa shape index (κ2) is 10.5. The zero-order valence-electron chi connectivity index (χ0n) is 15.9. The Hall–Kier alpha value is -1.86. The highest BCUT2D eigenvalue weighted by molar-refractivity contribution is 5.27. The van der Waals surface area contributed by atoms with Crippen LogP contribution in [0.25, 0.3) is 0 Å². The molecule has 2 aromatic rings. The molecular formula is C21H29NO5. The second-order valence-electron chi connectivity index (χ2n) is 6.93. The molecule has 148 valence electrons. The Labute approximate surface area is 160 Å². The van der Waals surface area contributed by atoms with Crippen LogP contribution >= 0.6 is 0 Å². The summed E-state index contributed by atoms with van der Waals surface area (Å²) in [6.45, 7) is 3.56. The highest BCUT2D eigenvalue weighted by atomic mass is 16.5. The largest absolute Gasteiger partial charge is 0.497 e. The minimum atomic E-state index is -0.570. The monoisotopic (exact) mass is 375 g/mol. The number of ether oxygens (including phenoxy) is 3. The van der Waals surface area contributed by atoms with E-state index < -0.39 is 6.10 Å². The van der Waals surface area contributed by atoms with Gasteiger partial charge in [0.25, 0.3) is 0 Å². The molecule has 1 saturated heterocycles. The van der Waals surface area contributed by atoms with Gasteiger partial charge in [0, 0.05) is 26.2 Å². The highest BCUT2D eigenvalue weighted by Gasteiger charge is 2.21. The Morgan fingerprint density at radius 1 is 1.26 bits per heavy atom. The Morgan fingerprint density at radius 3 is 2.78 bits per heavy atom. The summed E-state index contributed by atoms with van der Waals surface area (Å²) in [5.41, 5.74) is 1.18. The molecule has 0 bridgehead atoms. The Morgan fingerprint density at radius 2 is 2.11 bits per heavy atom. The summed E-state index contributed by atoms with van der Waals surface area (Å²) < 4.78 is 21.8. The molecule has 0 unspecified atom stereocenters. The van der Waals surface area contributed by atoms with Crippen LogP contribution in [0.2, 0.25) is 0 Å². The van der Waals surface area contributed by atoms with E-state index in [2.05, 4.69) is 17.0 Å². The number of aliphatic hydroxyl groups excluding tert-OH is 1. The number of aliphatic hydroxyl groups is 1.